The maximum atomic E-state index is 13.2. The highest BCUT2D eigenvalue weighted by Crippen LogP contribution is 2.34. The van der Waals surface area contributed by atoms with Gasteiger partial charge in [-0.1, -0.05) is 34.8 Å². The summed E-state index contributed by atoms with van der Waals surface area (Å²) in [5.41, 5.74) is 1.26. The first-order chi connectivity index (χ1) is 9.72. The van der Waals surface area contributed by atoms with Crippen LogP contribution in [0, 0.1) is 17.7 Å². The quantitative estimate of drug-likeness (QED) is 0.820. The van der Waals surface area contributed by atoms with Crippen molar-refractivity contribution < 1.29 is 4.39 Å². The van der Waals surface area contributed by atoms with Crippen LogP contribution in [-0.4, -0.2) is 12.6 Å². The van der Waals surface area contributed by atoms with E-state index in [1.165, 1.54) is 50.6 Å². The molecule has 1 nitrogen and oxygen atoms in total. The van der Waals surface area contributed by atoms with E-state index in [2.05, 4.69) is 21.2 Å². The van der Waals surface area contributed by atoms with Crippen LogP contribution < -0.4 is 5.32 Å². The summed E-state index contributed by atoms with van der Waals surface area (Å²) >= 11 is 3.51. The van der Waals surface area contributed by atoms with E-state index in [4.69, 9.17) is 0 Å². The van der Waals surface area contributed by atoms with Crippen molar-refractivity contribution in [2.75, 3.05) is 6.54 Å². The molecule has 0 amide bonds. The highest BCUT2D eigenvalue weighted by Gasteiger charge is 2.28. The van der Waals surface area contributed by atoms with Gasteiger partial charge in [-0.25, -0.2) is 4.39 Å². The summed E-state index contributed by atoms with van der Waals surface area (Å²) < 4.78 is 14.1. The Morgan fingerprint density at radius 2 is 1.85 bits per heavy atom. The molecule has 20 heavy (non-hydrogen) atoms. The number of benzene rings is 1. The second kappa shape index (κ2) is 6.57. The molecule has 2 atom stereocenters. The Kier molecular flexibility index (Phi) is 4.77. The van der Waals surface area contributed by atoms with E-state index in [-0.39, 0.29) is 5.82 Å². The maximum absolute atomic E-state index is 13.2. The van der Waals surface area contributed by atoms with Gasteiger partial charge >= 0.3 is 0 Å². The van der Waals surface area contributed by atoms with Gasteiger partial charge in [-0.05, 0) is 68.2 Å². The molecule has 3 rings (SSSR count). The summed E-state index contributed by atoms with van der Waals surface area (Å²) in [5.74, 6) is 1.38. The second-order valence-corrected chi connectivity index (χ2v) is 7.28. The molecule has 2 unspecified atom stereocenters. The molecule has 0 aliphatic heterocycles. The van der Waals surface area contributed by atoms with Gasteiger partial charge in [0.05, 0.1) is 0 Å². The lowest BCUT2D eigenvalue weighted by Gasteiger charge is -2.32. The smallest absolute Gasteiger partial charge is 0.124 e. The highest BCUT2D eigenvalue weighted by molar-refractivity contribution is 9.10. The number of hydrogen-bond acceptors (Lipinski definition) is 1. The molecule has 0 spiro atoms. The van der Waals surface area contributed by atoms with Crippen LogP contribution in [0.15, 0.2) is 22.7 Å². The fraction of sp³-hybridized carbons (Fsp3) is 0.647. The van der Waals surface area contributed by atoms with Gasteiger partial charge in [-0.2, -0.15) is 0 Å². The van der Waals surface area contributed by atoms with Crippen LogP contribution in [-0.2, 0) is 6.42 Å². The minimum absolute atomic E-state index is 0.156. The lowest BCUT2D eigenvalue weighted by molar-refractivity contribution is 0.228. The van der Waals surface area contributed by atoms with Crippen LogP contribution >= 0.6 is 15.9 Å². The van der Waals surface area contributed by atoms with E-state index in [1.54, 1.807) is 12.1 Å². The number of halogens is 2. The normalized spacial score (nSPS) is 26.7. The predicted octanol–water partition coefficient (Wildman–Crippen LogP) is 4.69. The molecule has 2 aliphatic carbocycles. The lowest BCUT2D eigenvalue weighted by atomic mass is 9.76. The Morgan fingerprint density at radius 1 is 1.10 bits per heavy atom. The van der Waals surface area contributed by atoms with Gasteiger partial charge < -0.3 is 5.32 Å². The van der Waals surface area contributed by atoms with Crippen LogP contribution in [0.1, 0.15) is 44.1 Å². The molecule has 110 valence electrons. The topological polar surface area (TPSA) is 12.0 Å². The Bertz CT molecular complexity index is 458. The van der Waals surface area contributed by atoms with Crippen LogP contribution in [0.3, 0.4) is 0 Å². The van der Waals surface area contributed by atoms with E-state index in [1.807, 2.05) is 6.07 Å². The zero-order valence-corrected chi connectivity index (χ0v) is 13.5. The molecule has 0 aromatic heterocycles. The molecule has 0 radical (unpaired) electrons. The van der Waals surface area contributed by atoms with Gasteiger partial charge in [-0.3, -0.25) is 0 Å². The Balaban J connectivity index is 1.62. The van der Waals surface area contributed by atoms with Gasteiger partial charge in [0, 0.05) is 10.5 Å². The van der Waals surface area contributed by atoms with Crippen molar-refractivity contribution in [3.63, 3.8) is 0 Å². The average Bonchev–Trinajstić information content (AvgIpc) is 3.25. The van der Waals surface area contributed by atoms with Gasteiger partial charge in [0.1, 0.15) is 5.82 Å². The van der Waals surface area contributed by atoms with E-state index in [9.17, 15) is 4.39 Å². The van der Waals surface area contributed by atoms with Gasteiger partial charge in [-0.15, -0.1) is 0 Å². The average molecular weight is 340 g/mol. The molecular formula is C17H23BrFN. The van der Waals surface area contributed by atoms with Crippen LogP contribution in [0.4, 0.5) is 4.39 Å². The highest BCUT2D eigenvalue weighted by atomic mass is 79.9. The van der Waals surface area contributed by atoms with Crippen LogP contribution in [0.5, 0.6) is 0 Å². The SMILES string of the molecule is Fc1ccc(CC2CCCCC2CNC2CC2)c(Br)c1. The predicted molar refractivity (Wildman–Crippen MR) is 84.3 cm³/mol. The summed E-state index contributed by atoms with van der Waals surface area (Å²) in [6.07, 6.45) is 9.20. The molecule has 0 heterocycles. The minimum Gasteiger partial charge on any atom is -0.314 e. The zero-order valence-electron chi connectivity index (χ0n) is 11.9. The van der Waals surface area contributed by atoms with Crippen molar-refractivity contribution in [3.05, 3.63) is 34.1 Å². The fourth-order valence-corrected chi connectivity index (χ4v) is 3.91. The minimum atomic E-state index is -0.156. The van der Waals surface area contributed by atoms with E-state index in [0.717, 1.165) is 28.8 Å². The summed E-state index contributed by atoms with van der Waals surface area (Å²) in [7, 11) is 0. The van der Waals surface area contributed by atoms with Crippen molar-refractivity contribution in [3.8, 4) is 0 Å². The van der Waals surface area contributed by atoms with Gasteiger partial charge in [0.15, 0.2) is 0 Å². The molecule has 1 aromatic carbocycles. The van der Waals surface area contributed by atoms with Crippen molar-refractivity contribution >= 4 is 15.9 Å². The molecule has 2 aliphatic rings. The first kappa shape index (κ1) is 14.5. The van der Waals surface area contributed by atoms with Gasteiger partial charge in [0.2, 0.25) is 0 Å². The van der Waals surface area contributed by atoms with Gasteiger partial charge in [0.25, 0.3) is 0 Å². The number of rotatable bonds is 5. The summed E-state index contributed by atoms with van der Waals surface area (Å²) in [4.78, 5) is 0. The summed E-state index contributed by atoms with van der Waals surface area (Å²) in [5, 5.41) is 3.69. The van der Waals surface area contributed by atoms with Crippen LogP contribution in [0.2, 0.25) is 0 Å². The monoisotopic (exact) mass is 339 g/mol. The molecule has 0 saturated heterocycles. The van der Waals surface area contributed by atoms with Crippen LogP contribution in [0.25, 0.3) is 0 Å². The van der Waals surface area contributed by atoms with Crippen molar-refractivity contribution in [2.24, 2.45) is 11.8 Å². The van der Waals surface area contributed by atoms with E-state index >= 15 is 0 Å². The molecular weight excluding hydrogens is 317 g/mol. The third-order valence-electron chi connectivity index (χ3n) is 4.81. The largest absolute Gasteiger partial charge is 0.314 e. The molecule has 1 N–H and O–H groups in total. The number of hydrogen-bond donors (Lipinski definition) is 1. The number of nitrogens with one attached hydrogen (secondary N) is 1. The Labute approximate surface area is 129 Å². The second-order valence-electron chi connectivity index (χ2n) is 6.43. The third kappa shape index (κ3) is 3.82. The summed E-state index contributed by atoms with van der Waals surface area (Å²) in [6, 6.07) is 5.92. The van der Waals surface area contributed by atoms with Crippen molar-refractivity contribution in [2.45, 2.75) is 51.0 Å². The standard InChI is InChI=1S/C17H23BrFN/c18-17-10-15(19)6-5-13(17)9-12-3-1-2-4-14(12)11-20-16-7-8-16/h5-6,10,12,14,16,20H,1-4,7-9,11H2. The molecule has 3 heteroatoms. The molecule has 1 aromatic rings. The summed E-state index contributed by atoms with van der Waals surface area (Å²) in [6.45, 7) is 1.17. The van der Waals surface area contributed by atoms with E-state index < -0.39 is 0 Å². The Hall–Kier alpha value is -0.410. The Morgan fingerprint density at radius 3 is 2.55 bits per heavy atom. The molecule has 0 bridgehead atoms. The third-order valence-corrected chi connectivity index (χ3v) is 5.55. The van der Waals surface area contributed by atoms with Crippen molar-refractivity contribution in [1.82, 2.24) is 5.32 Å². The first-order valence-corrected chi connectivity index (χ1v) is 8.69. The molecule has 2 saturated carbocycles. The fourth-order valence-electron chi connectivity index (χ4n) is 3.40. The first-order valence-electron chi connectivity index (χ1n) is 7.89. The van der Waals surface area contributed by atoms with Crippen molar-refractivity contribution in [1.29, 1.82) is 0 Å². The molecule has 2 fully saturated rings. The van der Waals surface area contributed by atoms with E-state index in [0.29, 0.717) is 0 Å². The maximum Gasteiger partial charge on any atom is 0.124 e. The zero-order chi connectivity index (χ0) is 13.9. The lowest BCUT2D eigenvalue weighted by Crippen LogP contribution is -2.32.